The topological polar surface area (TPSA) is 92.8 Å². The predicted molar refractivity (Wildman–Crippen MR) is 124 cm³/mol. The summed E-state index contributed by atoms with van der Waals surface area (Å²) in [4.78, 5) is 27.5. The Bertz CT molecular complexity index is 1280. The zero-order valence-corrected chi connectivity index (χ0v) is 18.8. The third kappa shape index (κ3) is 4.17. The number of carbonyl (C=O) groups excluding carboxylic acids is 2. The Morgan fingerprint density at radius 1 is 0.939 bits per heavy atom. The Balaban J connectivity index is 1.27. The van der Waals surface area contributed by atoms with Gasteiger partial charge in [0.25, 0.3) is 11.8 Å². The molecule has 0 spiro atoms. The van der Waals surface area contributed by atoms with E-state index >= 15 is 0 Å². The summed E-state index contributed by atoms with van der Waals surface area (Å²) in [7, 11) is -3.62. The van der Waals surface area contributed by atoms with E-state index in [2.05, 4.69) is 4.72 Å². The van der Waals surface area contributed by atoms with Crippen molar-refractivity contribution in [2.75, 3.05) is 19.7 Å². The van der Waals surface area contributed by atoms with Gasteiger partial charge in [0.05, 0.1) is 11.0 Å². The first-order chi connectivity index (χ1) is 15.9. The number of benzene rings is 3. The molecule has 0 aliphatic carbocycles. The number of amides is 2. The summed E-state index contributed by atoms with van der Waals surface area (Å²) in [5.41, 5.74) is 1.90. The van der Waals surface area contributed by atoms with Crippen molar-refractivity contribution in [1.29, 1.82) is 0 Å². The van der Waals surface area contributed by atoms with Crippen LogP contribution in [0.3, 0.4) is 0 Å². The van der Waals surface area contributed by atoms with Gasteiger partial charge in [-0.15, -0.1) is 0 Å². The standard InChI is InChI=1S/C25H24N2O5S/c28-24-21-7-1-4-18-5-2-8-22(23(18)21)25(29)27(24)14-13-17-9-11-20(12-10-17)33(30,31)26-16-19-6-3-15-32-19/h1-2,4-5,7-12,19,26H,3,6,13-16H2/t19-/m1/s1. The lowest BCUT2D eigenvalue weighted by atomic mass is 9.94. The fourth-order valence-corrected chi connectivity index (χ4v) is 5.52. The van der Waals surface area contributed by atoms with Crippen LogP contribution in [0.25, 0.3) is 10.8 Å². The summed E-state index contributed by atoms with van der Waals surface area (Å²) in [5, 5.41) is 1.58. The van der Waals surface area contributed by atoms with E-state index in [4.69, 9.17) is 4.74 Å². The molecule has 2 aliphatic rings. The van der Waals surface area contributed by atoms with Crippen molar-refractivity contribution in [3.63, 3.8) is 0 Å². The second kappa shape index (κ2) is 8.70. The van der Waals surface area contributed by atoms with E-state index in [1.165, 1.54) is 4.90 Å². The van der Waals surface area contributed by atoms with E-state index in [0.29, 0.717) is 29.5 Å². The van der Waals surface area contributed by atoms with Crippen LogP contribution < -0.4 is 4.72 Å². The average molecular weight is 465 g/mol. The number of nitrogens with one attached hydrogen (secondary N) is 1. The van der Waals surface area contributed by atoms with Crippen LogP contribution in [-0.4, -0.2) is 50.9 Å². The monoisotopic (exact) mass is 464 g/mol. The molecule has 2 heterocycles. The average Bonchev–Trinajstić information content (AvgIpc) is 3.35. The van der Waals surface area contributed by atoms with Gasteiger partial charge in [-0.3, -0.25) is 14.5 Å². The Hall–Kier alpha value is -3.07. The first-order valence-electron chi connectivity index (χ1n) is 11.0. The summed E-state index contributed by atoms with van der Waals surface area (Å²) in [6.07, 6.45) is 2.16. The second-order valence-corrected chi connectivity index (χ2v) is 10.1. The van der Waals surface area contributed by atoms with Crippen molar-refractivity contribution >= 4 is 32.6 Å². The van der Waals surface area contributed by atoms with Gasteiger partial charge in [0.15, 0.2) is 0 Å². The highest BCUT2D eigenvalue weighted by Crippen LogP contribution is 2.30. The van der Waals surface area contributed by atoms with Gasteiger partial charge in [-0.05, 0) is 54.5 Å². The maximum Gasteiger partial charge on any atom is 0.261 e. The van der Waals surface area contributed by atoms with Crippen molar-refractivity contribution in [3.05, 3.63) is 77.4 Å². The van der Waals surface area contributed by atoms with Gasteiger partial charge in [0.1, 0.15) is 0 Å². The molecule has 3 aromatic carbocycles. The molecule has 7 nitrogen and oxygen atoms in total. The number of sulfonamides is 1. The van der Waals surface area contributed by atoms with Crippen molar-refractivity contribution in [3.8, 4) is 0 Å². The van der Waals surface area contributed by atoms with Gasteiger partial charge in [0, 0.05) is 36.2 Å². The number of rotatable bonds is 7. The Morgan fingerprint density at radius 2 is 1.61 bits per heavy atom. The van der Waals surface area contributed by atoms with Crippen LogP contribution in [0.15, 0.2) is 65.6 Å². The van der Waals surface area contributed by atoms with E-state index in [9.17, 15) is 18.0 Å². The van der Waals surface area contributed by atoms with E-state index in [-0.39, 0.29) is 35.9 Å². The lowest BCUT2D eigenvalue weighted by Crippen LogP contribution is -2.41. The van der Waals surface area contributed by atoms with E-state index < -0.39 is 10.0 Å². The maximum absolute atomic E-state index is 13.0. The Labute approximate surface area is 192 Å². The van der Waals surface area contributed by atoms with Crippen LogP contribution in [0.4, 0.5) is 0 Å². The molecule has 0 unspecified atom stereocenters. The molecule has 0 aromatic heterocycles. The largest absolute Gasteiger partial charge is 0.377 e. The van der Waals surface area contributed by atoms with Crippen LogP contribution in [0.5, 0.6) is 0 Å². The molecule has 5 rings (SSSR count). The quantitative estimate of drug-likeness (QED) is 0.543. The van der Waals surface area contributed by atoms with Crippen molar-refractivity contribution in [1.82, 2.24) is 9.62 Å². The summed E-state index contributed by atoms with van der Waals surface area (Å²) in [6.45, 7) is 1.15. The first kappa shape index (κ1) is 21.8. The molecule has 8 heteroatoms. The second-order valence-electron chi connectivity index (χ2n) is 8.35. The Kier molecular flexibility index (Phi) is 5.74. The summed E-state index contributed by atoms with van der Waals surface area (Å²) < 4.78 is 33.1. The molecule has 1 saturated heterocycles. The molecule has 2 aliphatic heterocycles. The summed E-state index contributed by atoms with van der Waals surface area (Å²) in [5.74, 6) is -0.608. The fourth-order valence-electron chi connectivity index (χ4n) is 4.45. The van der Waals surface area contributed by atoms with Gasteiger partial charge in [-0.1, -0.05) is 36.4 Å². The van der Waals surface area contributed by atoms with E-state index in [0.717, 1.165) is 23.8 Å². The number of carbonyl (C=O) groups is 2. The van der Waals surface area contributed by atoms with Crippen molar-refractivity contribution in [2.45, 2.75) is 30.3 Å². The van der Waals surface area contributed by atoms with Gasteiger partial charge in [-0.25, -0.2) is 13.1 Å². The third-order valence-electron chi connectivity index (χ3n) is 6.24. The zero-order chi connectivity index (χ0) is 23.0. The zero-order valence-electron chi connectivity index (χ0n) is 18.0. The van der Waals surface area contributed by atoms with Crippen LogP contribution in [-0.2, 0) is 21.2 Å². The normalized spacial score (nSPS) is 18.3. The van der Waals surface area contributed by atoms with Crippen LogP contribution in [0, 0.1) is 0 Å². The molecule has 2 amide bonds. The minimum Gasteiger partial charge on any atom is -0.377 e. The minimum absolute atomic E-state index is 0.0744. The van der Waals surface area contributed by atoms with Crippen LogP contribution >= 0.6 is 0 Å². The molecule has 0 radical (unpaired) electrons. The number of hydrogen-bond acceptors (Lipinski definition) is 5. The minimum atomic E-state index is -3.62. The molecular weight excluding hydrogens is 440 g/mol. The summed E-state index contributed by atoms with van der Waals surface area (Å²) in [6, 6.07) is 17.4. The highest BCUT2D eigenvalue weighted by atomic mass is 32.2. The van der Waals surface area contributed by atoms with Gasteiger partial charge >= 0.3 is 0 Å². The molecule has 1 N–H and O–H groups in total. The molecule has 1 atom stereocenters. The number of imide groups is 1. The first-order valence-corrected chi connectivity index (χ1v) is 12.5. The number of ether oxygens (including phenoxy) is 1. The lowest BCUT2D eigenvalue weighted by Gasteiger charge is -2.27. The molecule has 170 valence electrons. The third-order valence-corrected chi connectivity index (χ3v) is 7.68. The van der Waals surface area contributed by atoms with E-state index in [1.54, 1.807) is 36.4 Å². The molecule has 0 saturated carbocycles. The highest BCUT2D eigenvalue weighted by Gasteiger charge is 2.32. The molecule has 33 heavy (non-hydrogen) atoms. The summed E-state index contributed by atoms with van der Waals surface area (Å²) >= 11 is 0. The van der Waals surface area contributed by atoms with E-state index in [1.807, 2.05) is 24.3 Å². The van der Waals surface area contributed by atoms with Gasteiger partial charge in [-0.2, -0.15) is 0 Å². The number of nitrogens with zero attached hydrogens (tertiary/aromatic N) is 1. The lowest BCUT2D eigenvalue weighted by molar-refractivity contribution is 0.0612. The van der Waals surface area contributed by atoms with Crippen molar-refractivity contribution < 1.29 is 22.7 Å². The molecule has 1 fully saturated rings. The highest BCUT2D eigenvalue weighted by molar-refractivity contribution is 7.89. The predicted octanol–water partition coefficient (Wildman–Crippen LogP) is 3.14. The van der Waals surface area contributed by atoms with Gasteiger partial charge < -0.3 is 4.74 Å². The van der Waals surface area contributed by atoms with Gasteiger partial charge in [0.2, 0.25) is 10.0 Å². The smallest absolute Gasteiger partial charge is 0.261 e. The molecule has 3 aromatic rings. The number of hydrogen-bond donors (Lipinski definition) is 1. The maximum atomic E-state index is 13.0. The molecule has 0 bridgehead atoms. The molecular formula is C25H24N2O5S. The Morgan fingerprint density at radius 3 is 2.21 bits per heavy atom. The van der Waals surface area contributed by atoms with Crippen LogP contribution in [0.1, 0.15) is 39.1 Å². The van der Waals surface area contributed by atoms with Crippen molar-refractivity contribution in [2.24, 2.45) is 0 Å². The fraction of sp³-hybridized carbons (Fsp3) is 0.280. The SMILES string of the molecule is O=C1c2cccc3cccc(c23)C(=O)N1CCc1ccc(S(=O)(=O)NC[C@H]2CCCO2)cc1. The van der Waals surface area contributed by atoms with Crippen LogP contribution in [0.2, 0.25) is 0 Å².